The molecular formula is C59H94N18O3. The molecule has 0 fully saturated rings. The van der Waals surface area contributed by atoms with Crippen LogP contribution in [0.15, 0.2) is 137 Å². The molecule has 21 nitrogen and oxygen atoms in total. The van der Waals surface area contributed by atoms with E-state index in [4.69, 9.17) is 17.2 Å². The summed E-state index contributed by atoms with van der Waals surface area (Å²) in [5.74, 6) is 4.19. The van der Waals surface area contributed by atoms with E-state index in [-0.39, 0.29) is 58.0 Å². The van der Waals surface area contributed by atoms with Crippen molar-refractivity contribution in [2.45, 2.75) is 186 Å². The highest BCUT2D eigenvalue weighted by Gasteiger charge is 2.28. The molecule has 0 radical (unpaired) electrons. The number of aromatic amines is 1. The maximum absolute atomic E-state index is 11.6. The smallest absolute Gasteiger partial charge is 0.279 e. The van der Waals surface area contributed by atoms with Gasteiger partial charge in [-0.1, -0.05) is 33.7 Å². The van der Waals surface area contributed by atoms with Gasteiger partial charge in [0.05, 0.1) is 18.3 Å². The number of amidine groups is 2. The molecule has 0 saturated heterocycles. The van der Waals surface area contributed by atoms with Crippen LogP contribution in [-0.4, -0.2) is 99.3 Å². The minimum Gasteiger partial charge on any atom is -0.397 e. The number of hydrogen-bond donors (Lipinski definition) is 6. The summed E-state index contributed by atoms with van der Waals surface area (Å²) in [5, 5.41) is 5.35. The van der Waals surface area contributed by atoms with Crippen LogP contribution < -0.4 is 33.4 Å². The Morgan fingerprint density at radius 3 is 1.48 bits per heavy atom. The second-order valence-electron chi connectivity index (χ2n) is 25.1. The Morgan fingerprint density at radius 1 is 0.525 bits per heavy atom. The van der Waals surface area contributed by atoms with Crippen LogP contribution in [0.4, 0.5) is 5.69 Å². The van der Waals surface area contributed by atoms with Crippen LogP contribution >= 0.6 is 0 Å². The van der Waals surface area contributed by atoms with Crippen molar-refractivity contribution in [3.8, 4) is 0 Å². The molecule has 0 bridgehead atoms. The van der Waals surface area contributed by atoms with E-state index < -0.39 is 0 Å². The molecule has 21 heteroatoms. The van der Waals surface area contributed by atoms with Gasteiger partial charge >= 0.3 is 0 Å². The Morgan fingerprint density at radius 2 is 0.988 bits per heavy atom. The number of carbonyl (C=O) groups excluding carboxylic acids is 2. The first-order valence-corrected chi connectivity index (χ1v) is 25.9. The van der Waals surface area contributed by atoms with Gasteiger partial charge in [-0.25, -0.2) is 29.9 Å². The number of anilines is 1. The standard InChI is InChI=1S/C10H14N4O.C10H14N4.C10H17N3.C10H16N2O.C9H15N3.C9H14N2O.CH4/c1-6-12-8-7(9(15)13-6)11-5-14(8)10(2,3)4;1-10(2,3)14-6-13-8-7(11)4-5-12-9(8)14;1-7-6-13(10(3,4)5)8(2)12-9(7)11;1-7-6-12(10(3,4)5)8(2)11-9(7)13;1-7-11-8(10)5-6-12(7)9(2,3)4;1-7-10-8(12)5-6-11(7)9(2,3)4;/h5H,1-4H3,(H,12,13,15);4-6H,1-3H3,(H2,11,12);6H,2H2,1,3-5H3,(H2,11,12);6H,2H2,1,3-5H3,(H,11,13);5-6H,1H2,2-4H3,(H2,10,11);5-6H,1H2,2-4H3,(H,10,12);1H4. The molecule has 0 spiro atoms. The average molecular weight is 1100 g/mol. The van der Waals surface area contributed by atoms with Gasteiger partial charge in [0.25, 0.3) is 17.4 Å². The molecule has 0 aromatic carbocycles. The Bertz CT molecular complexity index is 3180. The summed E-state index contributed by atoms with van der Waals surface area (Å²) in [6.07, 6.45) is 15.9. The van der Waals surface area contributed by atoms with Crippen molar-refractivity contribution in [2.24, 2.45) is 21.5 Å². The third-order valence-electron chi connectivity index (χ3n) is 11.7. The lowest BCUT2D eigenvalue weighted by Crippen LogP contribution is -2.46. The minimum atomic E-state index is -0.180. The zero-order valence-electron chi connectivity index (χ0n) is 50.9. The largest absolute Gasteiger partial charge is 0.397 e. The zero-order valence-corrected chi connectivity index (χ0v) is 50.9. The van der Waals surface area contributed by atoms with Crippen LogP contribution in [0.2, 0.25) is 0 Å². The second-order valence-corrected chi connectivity index (χ2v) is 25.1. The topological polar surface area (TPSA) is 268 Å². The Balaban J connectivity index is 0.000000328. The van der Waals surface area contributed by atoms with Crippen LogP contribution in [0.5, 0.6) is 0 Å². The van der Waals surface area contributed by atoms with Crippen molar-refractivity contribution in [2.75, 3.05) is 5.73 Å². The van der Waals surface area contributed by atoms with Gasteiger partial charge in [0.15, 0.2) is 16.8 Å². The third kappa shape index (κ3) is 18.4. The van der Waals surface area contributed by atoms with Crippen LogP contribution in [0, 0.1) is 6.92 Å². The molecule has 4 aliphatic rings. The summed E-state index contributed by atoms with van der Waals surface area (Å²) in [6, 6.07) is 1.77. The summed E-state index contributed by atoms with van der Waals surface area (Å²) >= 11 is 0. The van der Waals surface area contributed by atoms with E-state index in [1.54, 1.807) is 51.0 Å². The van der Waals surface area contributed by atoms with Crippen molar-refractivity contribution in [1.82, 2.24) is 64.3 Å². The van der Waals surface area contributed by atoms with Crippen LogP contribution in [-0.2, 0) is 20.7 Å². The predicted octanol–water partition coefficient (Wildman–Crippen LogP) is 9.66. The van der Waals surface area contributed by atoms with E-state index in [1.165, 1.54) is 6.08 Å². The number of aromatic nitrogens is 7. The molecule has 8 rings (SSSR count). The van der Waals surface area contributed by atoms with Gasteiger partial charge in [0, 0.05) is 81.5 Å². The summed E-state index contributed by atoms with van der Waals surface area (Å²) < 4.78 is 3.93. The van der Waals surface area contributed by atoms with Gasteiger partial charge in [0.1, 0.15) is 46.3 Å². The number of nitrogens with one attached hydrogen (secondary N) is 3. The molecule has 2 amide bonds. The number of pyridine rings is 1. The number of aryl methyl sites for hydroxylation is 1. The van der Waals surface area contributed by atoms with Crippen molar-refractivity contribution in [3.05, 3.63) is 139 Å². The van der Waals surface area contributed by atoms with Gasteiger partial charge in [-0.15, -0.1) is 0 Å². The molecule has 4 aromatic rings. The fraction of sp³-hybridized carbons (Fsp3) is 0.475. The number of rotatable bonds is 0. The minimum absolute atomic E-state index is 0. The number of nitrogens with two attached hydrogens (primary N) is 3. The number of H-pyrrole nitrogens is 1. The van der Waals surface area contributed by atoms with E-state index in [0.717, 1.165) is 16.7 Å². The number of nitrogen functional groups attached to an aromatic ring is 1. The van der Waals surface area contributed by atoms with E-state index in [0.29, 0.717) is 63.2 Å². The van der Waals surface area contributed by atoms with Gasteiger partial charge in [-0.3, -0.25) is 14.4 Å². The lowest BCUT2D eigenvalue weighted by molar-refractivity contribution is -0.118. The number of fused-ring (bicyclic) bond motifs is 2. The lowest BCUT2D eigenvalue weighted by Gasteiger charge is -2.38. The van der Waals surface area contributed by atoms with Crippen LogP contribution in [0.1, 0.15) is 152 Å². The highest BCUT2D eigenvalue weighted by atomic mass is 16.2. The third-order valence-corrected chi connectivity index (χ3v) is 11.7. The van der Waals surface area contributed by atoms with E-state index in [2.05, 4.69) is 176 Å². The van der Waals surface area contributed by atoms with Gasteiger partial charge < -0.3 is 61.6 Å². The van der Waals surface area contributed by atoms with Crippen molar-refractivity contribution in [3.63, 3.8) is 0 Å². The fourth-order valence-electron chi connectivity index (χ4n) is 7.54. The quantitative estimate of drug-likeness (QED) is 0.0957. The fourth-order valence-corrected chi connectivity index (χ4v) is 7.54. The van der Waals surface area contributed by atoms with Crippen molar-refractivity contribution < 1.29 is 9.59 Å². The molecule has 9 N–H and O–H groups in total. The first-order valence-electron chi connectivity index (χ1n) is 25.9. The highest BCUT2D eigenvalue weighted by Crippen LogP contribution is 2.27. The van der Waals surface area contributed by atoms with Crippen molar-refractivity contribution >= 4 is 51.5 Å². The van der Waals surface area contributed by atoms with Crippen LogP contribution in [0.25, 0.3) is 22.3 Å². The Labute approximate surface area is 475 Å². The predicted molar refractivity (Wildman–Crippen MR) is 330 cm³/mol. The summed E-state index contributed by atoms with van der Waals surface area (Å²) in [4.78, 5) is 69.4. The molecular weight excluding hydrogens is 1010 g/mol. The van der Waals surface area contributed by atoms with Crippen LogP contribution in [0.3, 0.4) is 0 Å². The Kier molecular flexibility index (Phi) is 21.8. The maximum Gasteiger partial charge on any atom is 0.279 e. The molecule has 4 aliphatic heterocycles. The molecule has 8 heterocycles. The molecule has 0 unspecified atom stereocenters. The first-order chi connectivity index (χ1) is 35.9. The second kappa shape index (κ2) is 25.7. The number of carbonyl (C=O) groups is 2. The highest BCUT2D eigenvalue weighted by molar-refractivity contribution is 5.97. The lowest BCUT2D eigenvalue weighted by atomic mass is 10.1. The molecule has 0 saturated carbocycles. The zero-order chi connectivity index (χ0) is 60.7. The normalized spacial score (nSPS) is 15.9. The maximum atomic E-state index is 11.6. The van der Waals surface area contributed by atoms with Gasteiger partial charge in [0.2, 0.25) is 0 Å². The van der Waals surface area contributed by atoms with Gasteiger partial charge in [-0.05, 0) is 158 Å². The Hall–Kier alpha value is -8.23. The molecule has 0 aliphatic carbocycles. The van der Waals surface area contributed by atoms with E-state index in [1.807, 2.05) is 75.0 Å². The number of nitrogens with zero attached hydrogens (tertiary/aromatic N) is 12. The van der Waals surface area contributed by atoms with E-state index >= 15 is 0 Å². The average Bonchev–Trinajstić information content (AvgIpc) is 3.93. The molecule has 4 aromatic heterocycles. The molecule has 80 heavy (non-hydrogen) atoms. The number of hydrogen-bond acceptors (Lipinski definition) is 16. The molecule has 438 valence electrons. The number of imidazole rings is 2. The molecule has 0 atom stereocenters. The summed E-state index contributed by atoms with van der Waals surface area (Å²) in [5.41, 5.74) is 21.6. The summed E-state index contributed by atoms with van der Waals surface area (Å²) in [7, 11) is 0. The first kappa shape index (κ1) is 67.9. The van der Waals surface area contributed by atoms with Crippen molar-refractivity contribution in [1.29, 1.82) is 0 Å². The van der Waals surface area contributed by atoms with E-state index in [9.17, 15) is 14.4 Å². The summed E-state index contributed by atoms with van der Waals surface area (Å²) in [6.45, 7) is 58.2. The number of aliphatic imine (C=N–C) groups is 2. The SMILES string of the molecule is C.C=C1N=C(N)C(C)=CN1C(C)(C)C.C=C1N=C(N)C=CN1C(C)(C)C.C=C1NC(=O)C(C)=CN1C(C)(C)C.C=C1NC(=O)C=CN1C(C)(C)C.CC(C)(C)n1cnc2c(N)ccnc21.Cc1nc2c(ncn2C(C)(C)C)c(=O)[nH]1. The number of amides is 2. The monoisotopic (exact) mass is 1100 g/mol. The van der Waals surface area contributed by atoms with Gasteiger partial charge in [-0.2, -0.15) is 0 Å².